The van der Waals surface area contributed by atoms with Gasteiger partial charge in [-0.2, -0.15) is 0 Å². The first-order valence-electron chi connectivity index (χ1n) is 13.8. The van der Waals surface area contributed by atoms with Gasteiger partial charge < -0.3 is 14.2 Å². The van der Waals surface area contributed by atoms with Gasteiger partial charge in [0, 0.05) is 17.8 Å². The number of aromatic nitrogens is 3. The fourth-order valence-corrected chi connectivity index (χ4v) is 5.42. The van der Waals surface area contributed by atoms with Crippen LogP contribution in [0.25, 0.3) is 16.8 Å². The summed E-state index contributed by atoms with van der Waals surface area (Å²) in [4.78, 5) is 26.4. The summed E-state index contributed by atoms with van der Waals surface area (Å²) in [5.74, 6) is 1.85. The second kappa shape index (κ2) is 11.6. The molecule has 39 heavy (non-hydrogen) atoms. The van der Waals surface area contributed by atoms with E-state index in [9.17, 15) is 4.79 Å². The highest BCUT2D eigenvalue weighted by atomic mass is 16.5. The Bertz CT molecular complexity index is 1360. The minimum atomic E-state index is -0.139. The van der Waals surface area contributed by atoms with E-state index in [1.165, 1.54) is 5.57 Å². The second-order valence-corrected chi connectivity index (χ2v) is 11.0. The van der Waals surface area contributed by atoms with Crippen LogP contribution in [-0.2, 0) is 16.1 Å². The molecule has 2 heterocycles. The monoisotopic (exact) mass is 527 g/mol. The summed E-state index contributed by atoms with van der Waals surface area (Å²) in [6.07, 6.45) is 10.6. The molecular formula is C32H37N3O4. The molecule has 0 bridgehead atoms. The van der Waals surface area contributed by atoms with Crippen molar-refractivity contribution >= 4 is 11.5 Å². The zero-order chi connectivity index (χ0) is 27.4. The van der Waals surface area contributed by atoms with Crippen LogP contribution in [-0.4, -0.2) is 34.6 Å². The minimum Gasteiger partial charge on any atom is -0.487 e. The molecule has 1 unspecified atom stereocenters. The molecule has 3 aromatic rings. The molecule has 7 heteroatoms. The van der Waals surface area contributed by atoms with Crippen molar-refractivity contribution < 1.29 is 19.0 Å². The van der Waals surface area contributed by atoms with Gasteiger partial charge in [0.15, 0.2) is 0 Å². The van der Waals surface area contributed by atoms with Crippen molar-refractivity contribution in [1.82, 2.24) is 15.0 Å². The van der Waals surface area contributed by atoms with Gasteiger partial charge >= 0.3 is 5.97 Å². The third kappa shape index (κ3) is 6.29. The van der Waals surface area contributed by atoms with E-state index in [0.717, 1.165) is 59.6 Å². The van der Waals surface area contributed by atoms with Gasteiger partial charge in [0.05, 0.1) is 43.4 Å². The first-order valence-corrected chi connectivity index (χ1v) is 13.8. The molecule has 2 aromatic heterocycles. The quantitative estimate of drug-likeness (QED) is 0.254. The molecule has 1 saturated carbocycles. The number of benzene rings is 1. The third-order valence-corrected chi connectivity index (χ3v) is 7.70. The Hall–Kier alpha value is -3.74. The normalized spacial score (nSPS) is 16.9. The Morgan fingerprint density at radius 2 is 1.97 bits per heavy atom. The van der Waals surface area contributed by atoms with Crippen LogP contribution in [0.2, 0.25) is 0 Å². The predicted octanol–water partition coefficient (Wildman–Crippen LogP) is 6.78. The van der Waals surface area contributed by atoms with E-state index in [-0.39, 0.29) is 17.3 Å². The highest BCUT2D eigenvalue weighted by Gasteiger charge is 2.34. The number of carbonyl (C=O) groups excluding carboxylic acids is 1. The van der Waals surface area contributed by atoms with Crippen LogP contribution in [0.5, 0.6) is 11.6 Å². The maximum atomic E-state index is 12.2. The molecule has 0 saturated heterocycles. The van der Waals surface area contributed by atoms with Crippen molar-refractivity contribution in [1.29, 1.82) is 0 Å². The fraction of sp³-hybridized carbons (Fsp3) is 0.438. The molecule has 2 aliphatic rings. The van der Waals surface area contributed by atoms with E-state index in [2.05, 4.69) is 37.0 Å². The summed E-state index contributed by atoms with van der Waals surface area (Å²) in [5.41, 5.74) is 5.70. The van der Waals surface area contributed by atoms with Crippen LogP contribution in [0.15, 0.2) is 54.9 Å². The molecular weight excluding hydrogens is 490 g/mol. The van der Waals surface area contributed by atoms with E-state index in [1.54, 1.807) is 19.5 Å². The van der Waals surface area contributed by atoms with E-state index in [0.29, 0.717) is 31.4 Å². The predicted molar refractivity (Wildman–Crippen MR) is 150 cm³/mol. The summed E-state index contributed by atoms with van der Waals surface area (Å²) in [6.45, 7) is 7.06. The Morgan fingerprint density at radius 1 is 1.13 bits per heavy atom. The van der Waals surface area contributed by atoms with Crippen LogP contribution in [0.1, 0.15) is 75.7 Å². The number of nitrogens with zero attached hydrogens (tertiary/aromatic N) is 3. The lowest BCUT2D eigenvalue weighted by Crippen LogP contribution is -2.13. The average molecular weight is 528 g/mol. The number of rotatable bonds is 11. The van der Waals surface area contributed by atoms with Crippen molar-refractivity contribution in [3.63, 3.8) is 0 Å². The van der Waals surface area contributed by atoms with Crippen molar-refractivity contribution in [2.24, 2.45) is 11.3 Å². The standard InChI is InChI=1S/C32H37N3O4/c1-5-38-29(36)18-26(21-11-12-21)22-8-6-9-25(16-22)39-20-24-19-34-30(23-13-15-33-28(17-23)37-4)31(35-24)27-10-7-14-32(27,2)3/h6,8-10,13,15-17,19,21,26H,5,7,11-12,14,18,20H2,1-4H3. The molecule has 5 rings (SSSR count). The number of ether oxygens (including phenoxy) is 3. The number of allylic oxidation sites excluding steroid dienone is 2. The molecule has 0 aliphatic heterocycles. The number of pyridine rings is 1. The molecule has 0 spiro atoms. The smallest absolute Gasteiger partial charge is 0.306 e. The Kier molecular flexibility index (Phi) is 7.96. The van der Waals surface area contributed by atoms with Gasteiger partial charge in [0.1, 0.15) is 12.4 Å². The number of esters is 1. The minimum absolute atomic E-state index is 0.00507. The summed E-state index contributed by atoms with van der Waals surface area (Å²) >= 11 is 0. The summed E-state index contributed by atoms with van der Waals surface area (Å²) in [6, 6.07) is 11.9. The third-order valence-electron chi connectivity index (χ3n) is 7.70. The van der Waals surface area contributed by atoms with Crippen molar-refractivity contribution in [3.05, 3.63) is 71.8 Å². The maximum Gasteiger partial charge on any atom is 0.306 e. The SMILES string of the molecule is CCOC(=O)CC(c1cccc(OCc2cnc(-c3ccnc(OC)c3)c(C3=CCCC3(C)C)n2)c1)C1CC1. The fourth-order valence-electron chi connectivity index (χ4n) is 5.42. The van der Waals surface area contributed by atoms with Gasteiger partial charge in [0.25, 0.3) is 0 Å². The van der Waals surface area contributed by atoms with Crippen LogP contribution in [0.4, 0.5) is 0 Å². The summed E-state index contributed by atoms with van der Waals surface area (Å²) in [5, 5.41) is 0. The van der Waals surface area contributed by atoms with Crippen LogP contribution < -0.4 is 9.47 Å². The van der Waals surface area contributed by atoms with Gasteiger partial charge in [0.2, 0.25) is 5.88 Å². The topological polar surface area (TPSA) is 83.4 Å². The maximum absolute atomic E-state index is 12.2. The molecule has 204 valence electrons. The Balaban J connectivity index is 1.39. The molecule has 2 aliphatic carbocycles. The number of hydrogen-bond donors (Lipinski definition) is 0. The largest absolute Gasteiger partial charge is 0.487 e. The van der Waals surface area contributed by atoms with E-state index < -0.39 is 0 Å². The lowest BCUT2D eigenvalue weighted by molar-refractivity contribution is -0.143. The van der Waals surface area contributed by atoms with Crippen molar-refractivity contribution in [2.75, 3.05) is 13.7 Å². The highest BCUT2D eigenvalue weighted by molar-refractivity contribution is 5.80. The first-order chi connectivity index (χ1) is 18.9. The van der Waals surface area contributed by atoms with Crippen LogP contribution in [0.3, 0.4) is 0 Å². The zero-order valence-corrected chi connectivity index (χ0v) is 23.3. The molecule has 0 radical (unpaired) electrons. The van der Waals surface area contributed by atoms with Crippen LogP contribution in [0, 0.1) is 11.3 Å². The van der Waals surface area contributed by atoms with E-state index >= 15 is 0 Å². The summed E-state index contributed by atoms with van der Waals surface area (Å²) in [7, 11) is 1.61. The van der Waals surface area contributed by atoms with Crippen molar-refractivity contribution in [3.8, 4) is 22.9 Å². The number of hydrogen-bond acceptors (Lipinski definition) is 7. The average Bonchev–Trinajstić information content (AvgIpc) is 3.72. The highest BCUT2D eigenvalue weighted by Crippen LogP contribution is 2.46. The second-order valence-electron chi connectivity index (χ2n) is 11.0. The lowest BCUT2D eigenvalue weighted by Gasteiger charge is -2.24. The molecule has 1 fully saturated rings. The van der Waals surface area contributed by atoms with Gasteiger partial charge in [-0.1, -0.05) is 32.1 Å². The van der Waals surface area contributed by atoms with Gasteiger partial charge in [-0.05, 0) is 79.2 Å². The lowest BCUT2D eigenvalue weighted by atomic mass is 9.83. The van der Waals surface area contributed by atoms with E-state index in [1.807, 2.05) is 31.2 Å². The molecule has 1 atom stereocenters. The van der Waals surface area contributed by atoms with E-state index in [4.69, 9.17) is 24.2 Å². The molecule has 1 aromatic carbocycles. The molecule has 0 N–H and O–H groups in total. The van der Waals surface area contributed by atoms with Crippen molar-refractivity contribution in [2.45, 2.75) is 65.4 Å². The summed E-state index contributed by atoms with van der Waals surface area (Å²) < 4.78 is 16.8. The molecule has 7 nitrogen and oxygen atoms in total. The van der Waals surface area contributed by atoms with Gasteiger partial charge in [-0.25, -0.2) is 9.97 Å². The number of carbonyl (C=O) groups is 1. The molecule has 0 amide bonds. The van der Waals surface area contributed by atoms with Crippen LogP contribution >= 0.6 is 0 Å². The Labute approximate surface area is 230 Å². The zero-order valence-electron chi connectivity index (χ0n) is 23.3. The van der Waals surface area contributed by atoms with Gasteiger partial charge in [-0.3, -0.25) is 9.78 Å². The number of methoxy groups -OCH3 is 1. The van der Waals surface area contributed by atoms with Gasteiger partial charge in [-0.15, -0.1) is 0 Å². The first kappa shape index (κ1) is 26.9. The Morgan fingerprint density at radius 3 is 2.69 bits per heavy atom.